The van der Waals surface area contributed by atoms with Crippen LogP contribution in [0.25, 0.3) is 0 Å². The molecule has 0 radical (unpaired) electrons. The molecule has 1 aliphatic rings. The summed E-state index contributed by atoms with van der Waals surface area (Å²) in [7, 11) is 0. The highest BCUT2D eigenvalue weighted by Crippen LogP contribution is 2.28. The van der Waals surface area contributed by atoms with E-state index in [-0.39, 0.29) is 17.3 Å². The second kappa shape index (κ2) is 6.39. The summed E-state index contributed by atoms with van der Waals surface area (Å²) < 4.78 is 18.8. The van der Waals surface area contributed by atoms with E-state index in [0.717, 1.165) is 43.7 Å². The molecule has 0 bridgehead atoms. The Morgan fingerprint density at radius 2 is 2.39 bits per heavy atom. The van der Waals surface area contributed by atoms with Crippen LogP contribution in [-0.2, 0) is 6.42 Å². The minimum atomic E-state index is -0.199. The fourth-order valence-corrected chi connectivity index (χ4v) is 2.55. The molecule has 2 nitrogen and oxygen atoms in total. The summed E-state index contributed by atoms with van der Waals surface area (Å²) in [5, 5.41) is 3.49. The third kappa shape index (κ3) is 3.59. The molecule has 0 spiro atoms. The topological polar surface area (TPSA) is 21.3 Å². The SMILES string of the molecule is CCCC(Cl)CNCC1Cc2cc(F)ccc2O1. The Balaban J connectivity index is 1.74. The van der Waals surface area contributed by atoms with Crippen molar-refractivity contribution < 1.29 is 9.13 Å². The maximum atomic E-state index is 13.0. The predicted molar refractivity (Wildman–Crippen MR) is 71.9 cm³/mol. The molecule has 0 fully saturated rings. The Hall–Kier alpha value is -0.800. The van der Waals surface area contributed by atoms with Crippen LogP contribution in [0.1, 0.15) is 25.3 Å². The molecular formula is C14H19ClFNO. The van der Waals surface area contributed by atoms with Crippen LogP contribution in [0.4, 0.5) is 4.39 Å². The second-order valence-electron chi connectivity index (χ2n) is 4.74. The monoisotopic (exact) mass is 271 g/mol. The van der Waals surface area contributed by atoms with Gasteiger partial charge in [0, 0.05) is 30.5 Å². The molecule has 18 heavy (non-hydrogen) atoms. The zero-order valence-electron chi connectivity index (χ0n) is 10.6. The van der Waals surface area contributed by atoms with Crippen molar-refractivity contribution in [1.29, 1.82) is 0 Å². The smallest absolute Gasteiger partial charge is 0.123 e. The highest BCUT2D eigenvalue weighted by molar-refractivity contribution is 6.20. The molecule has 100 valence electrons. The lowest BCUT2D eigenvalue weighted by Gasteiger charge is -2.14. The van der Waals surface area contributed by atoms with E-state index in [1.165, 1.54) is 6.07 Å². The lowest BCUT2D eigenvalue weighted by Crippen LogP contribution is -2.33. The molecule has 1 aromatic rings. The minimum Gasteiger partial charge on any atom is -0.488 e. The van der Waals surface area contributed by atoms with Gasteiger partial charge in [-0.15, -0.1) is 11.6 Å². The van der Waals surface area contributed by atoms with Gasteiger partial charge < -0.3 is 10.1 Å². The van der Waals surface area contributed by atoms with Crippen molar-refractivity contribution in [3.8, 4) is 5.75 Å². The molecule has 0 aromatic heterocycles. The molecule has 4 heteroatoms. The van der Waals surface area contributed by atoms with Gasteiger partial charge in [-0.05, 0) is 24.6 Å². The fraction of sp³-hybridized carbons (Fsp3) is 0.571. The van der Waals surface area contributed by atoms with Gasteiger partial charge >= 0.3 is 0 Å². The minimum absolute atomic E-state index is 0.0901. The molecule has 0 aliphatic carbocycles. The van der Waals surface area contributed by atoms with Gasteiger partial charge in [0.1, 0.15) is 17.7 Å². The van der Waals surface area contributed by atoms with Crippen LogP contribution in [0, 0.1) is 5.82 Å². The molecule has 1 heterocycles. The molecular weight excluding hydrogens is 253 g/mol. The number of hydrogen-bond donors (Lipinski definition) is 1. The Morgan fingerprint density at radius 3 is 3.17 bits per heavy atom. The van der Waals surface area contributed by atoms with E-state index in [1.807, 2.05) is 0 Å². The number of halogens is 2. The van der Waals surface area contributed by atoms with Crippen molar-refractivity contribution in [1.82, 2.24) is 5.32 Å². The number of ether oxygens (including phenoxy) is 1. The first-order valence-corrected chi connectivity index (χ1v) is 6.92. The predicted octanol–water partition coefficient (Wildman–Crippen LogP) is 3.13. The lowest BCUT2D eigenvalue weighted by atomic mass is 10.1. The molecule has 1 N–H and O–H groups in total. The molecule has 0 saturated carbocycles. The van der Waals surface area contributed by atoms with Crippen LogP contribution in [0.15, 0.2) is 18.2 Å². The summed E-state index contributed by atoms with van der Waals surface area (Å²) in [6.07, 6.45) is 2.97. The maximum Gasteiger partial charge on any atom is 0.123 e. The number of nitrogens with one attached hydrogen (secondary N) is 1. The first kappa shape index (κ1) is 13.6. The van der Waals surface area contributed by atoms with Crippen LogP contribution >= 0.6 is 11.6 Å². The summed E-state index contributed by atoms with van der Waals surface area (Å²) in [5.74, 6) is 0.605. The van der Waals surface area contributed by atoms with Gasteiger partial charge in [0.25, 0.3) is 0 Å². The van der Waals surface area contributed by atoms with E-state index in [1.54, 1.807) is 12.1 Å². The standard InChI is InChI=1S/C14H19ClFNO/c1-2-3-11(15)8-17-9-13-7-10-6-12(16)4-5-14(10)18-13/h4-6,11,13,17H,2-3,7-9H2,1H3. The van der Waals surface area contributed by atoms with Crippen LogP contribution in [0.5, 0.6) is 5.75 Å². The average molecular weight is 272 g/mol. The van der Waals surface area contributed by atoms with Crippen LogP contribution in [0.2, 0.25) is 0 Å². The molecule has 2 atom stereocenters. The number of fused-ring (bicyclic) bond motifs is 1. The van der Waals surface area contributed by atoms with Crippen molar-refractivity contribution >= 4 is 11.6 Å². The molecule has 1 aliphatic heterocycles. The van der Waals surface area contributed by atoms with Gasteiger partial charge in [-0.1, -0.05) is 13.3 Å². The van der Waals surface area contributed by atoms with Crippen molar-refractivity contribution in [2.45, 2.75) is 37.7 Å². The van der Waals surface area contributed by atoms with Crippen LogP contribution in [0.3, 0.4) is 0 Å². The van der Waals surface area contributed by atoms with Crippen molar-refractivity contribution in [2.75, 3.05) is 13.1 Å². The normalized spacial score (nSPS) is 19.4. The first-order valence-electron chi connectivity index (χ1n) is 6.49. The molecule has 2 unspecified atom stereocenters. The van der Waals surface area contributed by atoms with Gasteiger partial charge in [0.2, 0.25) is 0 Å². The van der Waals surface area contributed by atoms with Gasteiger partial charge in [0.05, 0.1) is 0 Å². The summed E-state index contributed by atoms with van der Waals surface area (Å²) >= 11 is 6.12. The largest absolute Gasteiger partial charge is 0.488 e. The summed E-state index contributed by atoms with van der Waals surface area (Å²) in [6, 6.07) is 4.69. The molecule has 2 rings (SSSR count). The van der Waals surface area contributed by atoms with E-state index in [2.05, 4.69) is 12.2 Å². The first-order chi connectivity index (χ1) is 8.69. The van der Waals surface area contributed by atoms with Crippen LogP contribution < -0.4 is 10.1 Å². The van der Waals surface area contributed by atoms with Gasteiger partial charge in [-0.25, -0.2) is 4.39 Å². The van der Waals surface area contributed by atoms with Crippen molar-refractivity contribution in [2.24, 2.45) is 0 Å². The molecule has 1 aromatic carbocycles. The number of alkyl halides is 1. The molecule has 0 saturated heterocycles. The second-order valence-corrected chi connectivity index (χ2v) is 5.36. The third-order valence-corrected chi connectivity index (χ3v) is 3.48. The summed E-state index contributed by atoms with van der Waals surface area (Å²) in [4.78, 5) is 0. The van der Waals surface area contributed by atoms with Crippen LogP contribution in [-0.4, -0.2) is 24.6 Å². The Morgan fingerprint density at radius 1 is 1.56 bits per heavy atom. The third-order valence-electron chi connectivity index (χ3n) is 3.10. The highest BCUT2D eigenvalue weighted by atomic mass is 35.5. The van der Waals surface area contributed by atoms with E-state index >= 15 is 0 Å². The van der Waals surface area contributed by atoms with Crippen molar-refractivity contribution in [3.05, 3.63) is 29.6 Å². The zero-order chi connectivity index (χ0) is 13.0. The van der Waals surface area contributed by atoms with E-state index in [4.69, 9.17) is 16.3 Å². The van der Waals surface area contributed by atoms with Gasteiger partial charge in [0.15, 0.2) is 0 Å². The Bertz CT molecular complexity index is 399. The quantitative estimate of drug-likeness (QED) is 0.803. The van der Waals surface area contributed by atoms with E-state index in [0.29, 0.717) is 0 Å². The Kier molecular flexibility index (Phi) is 4.84. The Labute approximate surface area is 112 Å². The van der Waals surface area contributed by atoms with Crippen molar-refractivity contribution in [3.63, 3.8) is 0 Å². The number of rotatable bonds is 6. The summed E-state index contributed by atoms with van der Waals surface area (Å²) in [6.45, 7) is 3.67. The lowest BCUT2D eigenvalue weighted by molar-refractivity contribution is 0.227. The van der Waals surface area contributed by atoms with E-state index < -0.39 is 0 Å². The number of benzene rings is 1. The van der Waals surface area contributed by atoms with E-state index in [9.17, 15) is 4.39 Å². The maximum absolute atomic E-state index is 13.0. The van der Waals surface area contributed by atoms with Gasteiger partial charge in [-0.3, -0.25) is 0 Å². The van der Waals surface area contributed by atoms with Gasteiger partial charge in [-0.2, -0.15) is 0 Å². The highest BCUT2D eigenvalue weighted by Gasteiger charge is 2.22. The molecule has 0 amide bonds. The summed E-state index contributed by atoms with van der Waals surface area (Å²) in [5.41, 5.74) is 0.956. The average Bonchev–Trinajstić information content (AvgIpc) is 2.71. The zero-order valence-corrected chi connectivity index (χ0v) is 11.3. The fourth-order valence-electron chi connectivity index (χ4n) is 2.22. The number of hydrogen-bond acceptors (Lipinski definition) is 2.